The average Bonchev–Trinajstić information content (AvgIpc) is 2.73. The number of amides is 4. The van der Waals surface area contributed by atoms with E-state index in [9.17, 15) is 14.4 Å². The summed E-state index contributed by atoms with van der Waals surface area (Å²) in [6.45, 7) is 5.94. The second-order valence-corrected chi connectivity index (χ2v) is 8.17. The standard InChI is InChI=1S/C24H21IN2O5/c1-5-9-32-21-18(25)12-16(13-20(21)31-6-2)11-17-22(28)26-24(30)27(23(17)29)19-10-14(3)7-8-15(19)4/h1,7-8,10-13H,6,9H2,2-4H3,(H,26,28,30)/b17-11+. The zero-order valence-electron chi connectivity index (χ0n) is 17.8. The van der Waals surface area contributed by atoms with Crippen LogP contribution in [0.1, 0.15) is 23.6 Å². The second kappa shape index (κ2) is 9.87. The van der Waals surface area contributed by atoms with E-state index in [1.54, 1.807) is 25.1 Å². The molecule has 0 spiro atoms. The molecule has 1 aliphatic heterocycles. The van der Waals surface area contributed by atoms with Gasteiger partial charge in [0.25, 0.3) is 11.8 Å². The van der Waals surface area contributed by atoms with Gasteiger partial charge in [0, 0.05) is 0 Å². The van der Waals surface area contributed by atoms with E-state index in [-0.39, 0.29) is 12.2 Å². The Morgan fingerprint density at radius 3 is 2.59 bits per heavy atom. The summed E-state index contributed by atoms with van der Waals surface area (Å²) in [4.78, 5) is 39.2. The van der Waals surface area contributed by atoms with E-state index in [4.69, 9.17) is 15.9 Å². The smallest absolute Gasteiger partial charge is 0.335 e. The van der Waals surface area contributed by atoms with E-state index in [1.807, 2.05) is 26.0 Å². The number of urea groups is 1. The van der Waals surface area contributed by atoms with Gasteiger partial charge in [0.05, 0.1) is 15.9 Å². The van der Waals surface area contributed by atoms with Crippen molar-refractivity contribution in [2.75, 3.05) is 18.1 Å². The lowest BCUT2D eigenvalue weighted by Crippen LogP contribution is -2.54. The Hall–Kier alpha value is -3.32. The van der Waals surface area contributed by atoms with Gasteiger partial charge in [-0.2, -0.15) is 0 Å². The van der Waals surface area contributed by atoms with Gasteiger partial charge in [-0.3, -0.25) is 14.9 Å². The van der Waals surface area contributed by atoms with Gasteiger partial charge in [-0.15, -0.1) is 6.42 Å². The zero-order chi connectivity index (χ0) is 23.4. The summed E-state index contributed by atoms with van der Waals surface area (Å²) in [5.74, 6) is 1.87. The monoisotopic (exact) mass is 544 g/mol. The number of ether oxygens (including phenoxy) is 2. The lowest BCUT2D eigenvalue weighted by Gasteiger charge is -2.28. The van der Waals surface area contributed by atoms with Crippen molar-refractivity contribution in [2.24, 2.45) is 0 Å². The van der Waals surface area contributed by atoms with Gasteiger partial charge in [0.15, 0.2) is 11.5 Å². The van der Waals surface area contributed by atoms with Crippen molar-refractivity contribution < 1.29 is 23.9 Å². The molecule has 0 atom stereocenters. The quantitative estimate of drug-likeness (QED) is 0.258. The molecule has 0 aliphatic carbocycles. The molecular formula is C24H21IN2O5. The van der Waals surface area contributed by atoms with Crippen LogP contribution >= 0.6 is 22.6 Å². The summed E-state index contributed by atoms with van der Waals surface area (Å²) >= 11 is 2.07. The molecule has 0 unspecified atom stereocenters. The summed E-state index contributed by atoms with van der Waals surface area (Å²) in [6.07, 6.45) is 6.71. The normalized spacial score (nSPS) is 14.9. The molecule has 2 aromatic carbocycles. The van der Waals surface area contributed by atoms with Crippen molar-refractivity contribution in [1.29, 1.82) is 0 Å². The van der Waals surface area contributed by atoms with E-state index in [2.05, 4.69) is 33.8 Å². The van der Waals surface area contributed by atoms with Gasteiger partial charge in [-0.1, -0.05) is 18.1 Å². The molecule has 1 aliphatic rings. The number of nitrogens with zero attached hydrogens (tertiary/aromatic N) is 1. The first kappa shape index (κ1) is 23.3. The Morgan fingerprint density at radius 1 is 1.16 bits per heavy atom. The van der Waals surface area contributed by atoms with Crippen LogP contribution in [0.15, 0.2) is 35.9 Å². The highest BCUT2D eigenvalue weighted by Crippen LogP contribution is 2.35. The highest BCUT2D eigenvalue weighted by atomic mass is 127. The molecule has 1 saturated heterocycles. The first-order valence-corrected chi connectivity index (χ1v) is 10.9. The largest absolute Gasteiger partial charge is 0.490 e. The molecule has 0 bridgehead atoms. The number of halogens is 1. The number of anilines is 1. The molecule has 1 fully saturated rings. The predicted molar refractivity (Wildman–Crippen MR) is 130 cm³/mol. The molecule has 32 heavy (non-hydrogen) atoms. The van der Waals surface area contributed by atoms with Gasteiger partial charge in [0.2, 0.25) is 0 Å². The van der Waals surface area contributed by atoms with Crippen molar-refractivity contribution in [3.05, 3.63) is 56.2 Å². The lowest BCUT2D eigenvalue weighted by molar-refractivity contribution is -0.122. The Morgan fingerprint density at radius 2 is 1.91 bits per heavy atom. The van der Waals surface area contributed by atoms with Gasteiger partial charge >= 0.3 is 6.03 Å². The van der Waals surface area contributed by atoms with Gasteiger partial charge in [-0.05, 0) is 84.3 Å². The fourth-order valence-electron chi connectivity index (χ4n) is 3.19. The molecule has 3 rings (SSSR count). The Bertz CT molecular complexity index is 1180. The molecular weight excluding hydrogens is 523 g/mol. The molecule has 0 radical (unpaired) electrons. The third-order valence-electron chi connectivity index (χ3n) is 4.65. The Labute approximate surface area is 199 Å². The van der Waals surface area contributed by atoms with Crippen LogP contribution in [0.4, 0.5) is 10.5 Å². The minimum atomic E-state index is -0.784. The van der Waals surface area contributed by atoms with Crippen LogP contribution in [0.2, 0.25) is 0 Å². The summed E-state index contributed by atoms with van der Waals surface area (Å²) in [7, 11) is 0. The van der Waals surface area contributed by atoms with Gasteiger partial charge in [-0.25, -0.2) is 9.69 Å². The van der Waals surface area contributed by atoms with Crippen LogP contribution < -0.4 is 19.7 Å². The highest BCUT2D eigenvalue weighted by Gasteiger charge is 2.37. The van der Waals surface area contributed by atoms with Crippen molar-refractivity contribution in [1.82, 2.24) is 5.32 Å². The van der Waals surface area contributed by atoms with Crippen LogP contribution in [-0.4, -0.2) is 31.1 Å². The number of rotatable bonds is 6. The maximum Gasteiger partial charge on any atom is 0.335 e. The molecule has 8 heteroatoms. The number of carbonyl (C=O) groups excluding carboxylic acids is 3. The molecule has 1 heterocycles. The molecule has 1 N–H and O–H groups in total. The number of imide groups is 2. The minimum absolute atomic E-state index is 0.0737. The number of hydrogen-bond donors (Lipinski definition) is 1. The van der Waals surface area contributed by atoms with Crippen LogP contribution in [0.3, 0.4) is 0 Å². The number of aryl methyl sites for hydroxylation is 2. The average molecular weight is 544 g/mol. The van der Waals surface area contributed by atoms with Crippen molar-refractivity contribution in [3.63, 3.8) is 0 Å². The Balaban J connectivity index is 2.06. The van der Waals surface area contributed by atoms with Crippen LogP contribution in [0, 0.1) is 29.8 Å². The first-order valence-electron chi connectivity index (χ1n) is 9.78. The lowest BCUT2D eigenvalue weighted by atomic mass is 10.0. The van der Waals surface area contributed by atoms with Crippen LogP contribution in [-0.2, 0) is 9.59 Å². The SMILES string of the molecule is C#CCOc1c(I)cc(/C=C2\C(=O)NC(=O)N(c3cc(C)ccc3C)C2=O)cc1OCC. The number of carbonyl (C=O) groups is 3. The zero-order valence-corrected chi connectivity index (χ0v) is 20.0. The third-order valence-corrected chi connectivity index (χ3v) is 5.45. The number of nitrogens with one attached hydrogen (secondary N) is 1. The van der Waals surface area contributed by atoms with Crippen LogP contribution in [0.5, 0.6) is 11.5 Å². The molecule has 7 nitrogen and oxygen atoms in total. The van der Waals surface area contributed by atoms with Crippen molar-refractivity contribution in [3.8, 4) is 23.8 Å². The molecule has 0 aromatic heterocycles. The summed E-state index contributed by atoms with van der Waals surface area (Å²) in [5.41, 5.74) is 2.41. The van der Waals surface area contributed by atoms with E-state index in [0.29, 0.717) is 32.9 Å². The molecule has 2 aromatic rings. The topological polar surface area (TPSA) is 84.9 Å². The number of hydrogen-bond acceptors (Lipinski definition) is 5. The number of benzene rings is 2. The summed E-state index contributed by atoms with van der Waals surface area (Å²) in [5, 5.41) is 2.25. The van der Waals surface area contributed by atoms with E-state index in [1.165, 1.54) is 6.08 Å². The van der Waals surface area contributed by atoms with Gasteiger partial charge < -0.3 is 9.47 Å². The summed E-state index contributed by atoms with van der Waals surface area (Å²) in [6, 6.07) is 8.04. The fraction of sp³-hybridized carbons (Fsp3) is 0.208. The predicted octanol–water partition coefficient (Wildman–Crippen LogP) is 3.99. The highest BCUT2D eigenvalue weighted by molar-refractivity contribution is 14.1. The Kier molecular flexibility index (Phi) is 7.20. The summed E-state index contributed by atoms with van der Waals surface area (Å²) < 4.78 is 11.9. The van der Waals surface area contributed by atoms with Crippen molar-refractivity contribution in [2.45, 2.75) is 20.8 Å². The maximum atomic E-state index is 13.2. The number of barbiturate groups is 1. The van der Waals surface area contributed by atoms with E-state index >= 15 is 0 Å². The first-order chi connectivity index (χ1) is 15.3. The second-order valence-electron chi connectivity index (χ2n) is 7.00. The molecule has 0 saturated carbocycles. The van der Waals surface area contributed by atoms with E-state index in [0.717, 1.165) is 16.0 Å². The van der Waals surface area contributed by atoms with Gasteiger partial charge in [0.1, 0.15) is 12.2 Å². The molecule has 4 amide bonds. The molecule has 164 valence electrons. The third kappa shape index (κ3) is 4.78. The van der Waals surface area contributed by atoms with Crippen LogP contribution in [0.25, 0.3) is 6.08 Å². The minimum Gasteiger partial charge on any atom is -0.490 e. The maximum absolute atomic E-state index is 13.2. The van der Waals surface area contributed by atoms with E-state index < -0.39 is 17.8 Å². The fourth-order valence-corrected chi connectivity index (χ4v) is 3.97. The number of terminal acetylenes is 1. The van der Waals surface area contributed by atoms with Crippen molar-refractivity contribution >= 4 is 52.2 Å².